The number of ketones is 2. The van der Waals surface area contributed by atoms with Crippen LogP contribution in [0.4, 0.5) is 0 Å². The van der Waals surface area contributed by atoms with Crippen molar-refractivity contribution in [3.05, 3.63) is 11.6 Å². The highest BCUT2D eigenvalue weighted by atomic mass is 16.5. The molecule has 0 aromatic carbocycles. The number of esters is 1. The summed E-state index contributed by atoms with van der Waals surface area (Å²) in [6.45, 7) is 4.27. The Kier molecular flexibility index (Phi) is 5.16. The van der Waals surface area contributed by atoms with Gasteiger partial charge in [-0.1, -0.05) is 19.4 Å². The summed E-state index contributed by atoms with van der Waals surface area (Å²) in [5, 5.41) is 8.81. The Morgan fingerprint density at radius 2 is 1.83 bits per heavy atom. The van der Waals surface area contributed by atoms with Crippen LogP contribution in [0.5, 0.6) is 0 Å². The molecule has 3 fully saturated rings. The van der Waals surface area contributed by atoms with Crippen molar-refractivity contribution in [2.24, 2.45) is 34.3 Å². The molecule has 164 valence electrons. The number of carbonyl (C=O) groups is 4. The summed E-state index contributed by atoms with van der Waals surface area (Å²) < 4.78 is 5.49. The highest BCUT2D eigenvalue weighted by Crippen LogP contribution is 2.63. The van der Waals surface area contributed by atoms with Crippen molar-refractivity contribution in [3.8, 4) is 0 Å². The number of hydrogen-bond acceptors (Lipinski definition) is 6. The number of carboxylic acids is 1. The molecule has 0 heterocycles. The monoisotopic (exact) mass is 417 g/mol. The zero-order chi connectivity index (χ0) is 21.8. The number of hydrogen-bond donors (Lipinski definition) is 2. The molecule has 7 nitrogen and oxygen atoms in total. The average Bonchev–Trinajstić information content (AvgIpc) is 2.97. The number of allylic oxidation sites excluding steroid dienone is 1. The largest absolute Gasteiger partial charge is 0.481 e. The first-order valence-electron chi connectivity index (χ1n) is 11.0. The van der Waals surface area contributed by atoms with Crippen LogP contribution in [0, 0.1) is 28.6 Å². The Balaban J connectivity index is 1.52. The van der Waals surface area contributed by atoms with Crippen molar-refractivity contribution in [1.82, 2.24) is 0 Å². The van der Waals surface area contributed by atoms with Gasteiger partial charge in [-0.05, 0) is 55.4 Å². The van der Waals surface area contributed by atoms with E-state index < -0.39 is 24.4 Å². The van der Waals surface area contributed by atoms with Gasteiger partial charge in [-0.2, -0.15) is 0 Å². The van der Waals surface area contributed by atoms with Gasteiger partial charge in [0, 0.05) is 24.2 Å². The number of carbonyl (C=O) groups excluding carboxylic acids is 3. The molecule has 4 aliphatic rings. The Morgan fingerprint density at radius 3 is 2.53 bits per heavy atom. The summed E-state index contributed by atoms with van der Waals surface area (Å²) in [4.78, 5) is 48.6. The van der Waals surface area contributed by atoms with Crippen LogP contribution in [-0.2, 0) is 23.9 Å². The molecule has 0 bridgehead atoms. The molecule has 4 aliphatic carbocycles. The third-order valence-corrected chi connectivity index (χ3v) is 8.59. The van der Waals surface area contributed by atoms with E-state index in [1.165, 1.54) is 0 Å². The van der Waals surface area contributed by atoms with Gasteiger partial charge in [-0.15, -0.1) is 0 Å². The molecule has 4 rings (SSSR count). The van der Waals surface area contributed by atoms with Crippen LogP contribution in [0.2, 0.25) is 0 Å². The number of fused-ring (bicyclic) bond motifs is 5. The van der Waals surface area contributed by atoms with Gasteiger partial charge in [-0.3, -0.25) is 19.2 Å². The first-order valence-corrected chi connectivity index (χ1v) is 11.0. The third-order valence-electron chi connectivity index (χ3n) is 8.59. The minimum Gasteiger partial charge on any atom is -0.481 e. The molecule has 0 aromatic rings. The topological polar surface area (TPSA) is 124 Å². The summed E-state index contributed by atoms with van der Waals surface area (Å²) in [5.74, 6) is -1.15. The van der Waals surface area contributed by atoms with Gasteiger partial charge in [0.05, 0.1) is 6.42 Å². The lowest BCUT2D eigenvalue weighted by atomic mass is 9.48. The van der Waals surface area contributed by atoms with Crippen LogP contribution in [0.3, 0.4) is 0 Å². The second-order valence-corrected chi connectivity index (χ2v) is 10.2. The van der Waals surface area contributed by atoms with Crippen LogP contribution >= 0.6 is 0 Å². The fraction of sp³-hybridized carbons (Fsp3) is 0.739. The predicted octanol–water partition coefficient (Wildman–Crippen LogP) is 2.41. The lowest BCUT2D eigenvalue weighted by Gasteiger charge is -2.56. The summed E-state index contributed by atoms with van der Waals surface area (Å²) in [6, 6.07) is -1.18. The van der Waals surface area contributed by atoms with E-state index in [4.69, 9.17) is 15.6 Å². The van der Waals surface area contributed by atoms with Gasteiger partial charge in [0.1, 0.15) is 17.9 Å². The van der Waals surface area contributed by atoms with Gasteiger partial charge < -0.3 is 15.6 Å². The van der Waals surface area contributed by atoms with Gasteiger partial charge >= 0.3 is 11.9 Å². The van der Waals surface area contributed by atoms with Crippen molar-refractivity contribution in [2.45, 2.75) is 77.4 Å². The molecule has 4 unspecified atom stereocenters. The molecule has 0 aromatic heterocycles. The Hall–Kier alpha value is -2.02. The van der Waals surface area contributed by atoms with E-state index in [0.29, 0.717) is 25.0 Å². The van der Waals surface area contributed by atoms with Crippen molar-refractivity contribution >= 4 is 23.5 Å². The third kappa shape index (κ3) is 3.22. The molecule has 0 radical (unpaired) electrons. The fourth-order valence-electron chi connectivity index (χ4n) is 6.77. The van der Waals surface area contributed by atoms with E-state index in [-0.39, 0.29) is 40.5 Å². The molecule has 3 N–H and O–H groups in total. The predicted molar refractivity (Wildman–Crippen MR) is 107 cm³/mol. The second-order valence-electron chi connectivity index (χ2n) is 10.2. The van der Waals surface area contributed by atoms with E-state index >= 15 is 0 Å². The van der Waals surface area contributed by atoms with E-state index in [1.807, 2.05) is 0 Å². The lowest BCUT2D eigenvalue weighted by Crippen LogP contribution is -2.53. The minimum absolute atomic E-state index is 0.0907. The molecule has 7 heteroatoms. The number of aliphatic carboxylic acids is 1. The van der Waals surface area contributed by atoms with Crippen LogP contribution in [0.1, 0.15) is 65.2 Å². The van der Waals surface area contributed by atoms with E-state index in [0.717, 1.165) is 31.3 Å². The molecule has 3 saturated carbocycles. The van der Waals surface area contributed by atoms with Gasteiger partial charge in [-0.25, -0.2) is 0 Å². The summed E-state index contributed by atoms with van der Waals surface area (Å²) in [7, 11) is 0. The van der Waals surface area contributed by atoms with Crippen LogP contribution < -0.4 is 5.73 Å². The number of ether oxygens (including phenoxy) is 1. The highest BCUT2D eigenvalue weighted by molar-refractivity contribution is 5.96. The molecular formula is C23H31NO6. The normalized spacial score (nSPS) is 41.2. The molecule has 7 atom stereocenters. The highest BCUT2D eigenvalue weighted by Gasteiger charge is 2.61. The maximum absolute atomic E-state index is 13.2. The number of Topliss-reactive ketones (excluding diaryl/α,β-unsaturated/α-hetero) is 1. The number of rotatable bonds is 4. The van der Waals surface area contributed by atoms with E-state index in [9.17, 15) is 19.2 Å². The summed E-state index contributed by atoms with van der Waals surface area (Å²) in [5.41, 5.74) is 6.17. The van der Waals surface area contributed by atoms with E-state index in [2.05, 4.69) is 13.8 Å². The first kappa shape index (κ1) is 21.2. The Morgan fingerprint density at radius 1 is 1.17 bits per heavy atom. The zero-order valence-corrected chi connectivity index (χ0v) is 17.7. The second kappa shape index (κ2) is 7.29. The van der Waals surface area contributed by atoms with Gasteiger partial charge in [0.25, 0.3) is 0 Å². The molecule has 0 aliphatic heterocycles. The maximum atomic E-state index is 13.2. The van der Waals surface area contributed by atoms with Crippen molar-refractivity contribution in [1.29, 1.82) is 0 Å². The smallest absolute Gasteiger partial charge is 0.323 e. The fourth-order valence-corrected chi connectivity index (χ4v) is 6.77. The Bertz CT molecular complexity index is 834. The van der Waals surface area contributed by atoms with Crippen LogP contribution in [0.25, 0.3) is 0 Å². The number of carboxylic acid groups (broad SMARTS) is 1. The minimum atomic E-state index is -1.18. The summed E-state index contributed by atoms with van der Waals surface area (Å²) in [6.07, 6.45) is 5.96. The zero-order valence-electron chi connectivity index (χ0n) is 17.7. The average molecular weight is 418 g/mol. The Labute approximate surface area is 176 Å². The SMILES string of the molecule is C[C@]12CC[C@H](OC(=O)C(N)CC(=O)O)CC1=CC(=O)C1C2CC[C@]2(C)C(=O)CCC12. The van der Waals surface area contributed by atoms with Crippen LogP contribution in [0.15, 0.2) is 11.6 Å². The first-order chi connectivity index (χ1) is 14.1. The standard InChI is InChI=1S/C23H31NO6/c1-22-7-5-13(30-21(29)16(24)11-19(27)28)9-12(22)10-17(25)20-14-3-4-18(26)23(14,2)8-6-15(20)22/h10,13-16,20H,3-9,11,24H2,1-2H3,(H,27,28)/t13-,14?,15?,16?,20?,22-,23-/m0/s1. The molecule has 0 spiro atoms. The van der Waals surface area contributed by atoms with Crippen molar-refractivity contribution < 1.29 is 29.0 Å². The summed E-state index contributed by atoms with van der Waals surface area (Å²) >= 11 is 0. The molecule has 30 heavy (non-hydrogen) atoms. The number of nitrogens with two attached hydrogens (primary N) is 1. The molecule has 0 saturated heterocycles. The lowest BCUT2D eigenvalue weighted by molar-refractivity contribution is -0.156. The van der Waals surface area contributed by atoms with Gasteiger partial charge in [0.2, 0.25) is 0 Å². The van der Waals surface area contributed by atoms with E-state index in [1.54, 1.807) is 6.08 Å². The quantitative estimate of drug-likeness (QED) is 0.673. The molecular weight excluding hydrogens is 386 g/mol. The molecule has 0 amide bonds. The maximum Gasteiger partial charge on any atom is 0.323 e. The van der Waals surface area contributed by atoms with Crippen LogP contribution in [-0.4, -0.2) is 40.8 Å². The van der Waals surface area contributed by atoms with Crippen molar-refractivity contribution in [3.63, 3.8) is 0 Å². The van der Waals surface area contributed by atoms with Crippen molar-refractivity contribution in [2.75, 3.05) is 0 Å². The van der Waals surface area contributed by atoms with Gasteiger partial charge in [0.15, 0.2) is 5.78 Å².